The van der Waals surface area contributed by atoms with E-state index in [4.69, 9.17) is 5.73 Å². The maximum absolute atomic E-state index is 12.3. The third kappa shape index (κ3) is 6.90. The van der Waals surface area contributed by atoms with Gasteiger partial charge in [0.05, 0.1) is 18.7 Å². The first-order valence-electron chi connectivity index (χ1n) is 9.62. The number of benzene rings is 2. The van der Waals surface area contributed by atoms with Gasteiger partial charge in [-0.25, -0.2) is 4.79 Å². The number of hydrogen-bond donors (Lipinski definition) is 3. The number of methoxy groups -OCH3 is 1. The molecule has 1 heterocycles. The number of anilines is 1. The number of hydrogen-bond acceptors (Lipinski definition) is 5. The lowest BCUT2D eigenvalue weighted by Gasteiger charge is -2.27. The first kappa shape index (κ1) is 25.8. The van der Waals surface area contributed by atoms with Gasteiger partial charge in [0.15, 0.2) is 0 Å². The van der Waals surface area contributed by atoms with Gasteiger partial charge in [-0.15, -0.1) is 24.8 Å². The summed E-state index contributed by atoms with van der Waals surface area (Å²) in [5.41, 5.74) is 9.96. The highest BCUT2D eigenvalue weighted by Gasteiger charge is 2.18. The highest BCUT2D eigenvalue weighted by molar-refractivity contribution is 5.89. The fourth-order valence-corrected chi connectivity index (χ4v) is 3.46. The van der Waals surface area contributed by atoms with E-state index in [9.17, 15) is 9.59 Å². The summed E-state index contributed by atoms with van der Waals surface area (Å²) in [6, 6.07) is 15.0. The molecule has 8 heteroatoms. The van der Waals surface area contributed by atoms with E-state index in [0.717, 1.165) is 24.8 Å². The minimum absolute atomic E-state index is 0. The number of amides is 1. The first-order valence-corrected chi connectivity index (χ1v) is 9.62. The van der Waals surface area contributed by atoms with Crippen LogP contribution in [0.3, 0.4) is 0 Å². The molecule has 0 saturated carbocycles. The van der Waals surface area contributed by atoms with Crippen molar-refractivity contribution in [2.45, 2.75) is 37.8 Å². The molecule has 4 N–H and O–H groups in total. The number of nitrogens with one attached hydrogen (secondary N) is 2. The van der Waals surface area contributed by atoms with Crippen molar-refractivity contribution >= 4 is 42.4 Å². The van der Waals surface area contributed by atoms with E-state index >= 15 is 0 Å². The Morgan fingerprint density at radius 2 is 1.87 bits per heavy atom. The molecule has 0 bridgehead atoms. The second-order valence-electron chi connectivity index (χ2n) is 7.12. The summed E-state index contributed by atoms with van der Waals surface area (Å²) in [5.74, 6) is -0.541. The maximum Gasteiger partial charge on any atom is 0.337 e. The number of ether oxygens (including phenoxy) is 1. The molecule has 1 aliphatic rings. The lowest BCUT2D eigenvalue weighted by Crippen LogP contribution is -2.43. The molecule has 0 spiro atoms. The zero-order valence-corrected chi connectivity index (χ0v) is 18.6. The molecule has 0 saturated heterocycles. The molecule has 0 aromatic heterocycles. The zero-order chi connectivity index (χ0) is 19.9. The van der Waals surface area contributed by atoms with Crippen LogP contribution >= 0.6 is 24.8 Å². The third-order valence-corrected chi connectivity index (χ3v) is 5.10. The van der Waals surface area contributed by atoms with Crippen LogP contribution < -0.4 is 16.4 Å². The van der Waals surface area contributed by atoms with Crippen molar-refractivity contribution in [3.8, 4) is 0 Å². The molecule has 1 amide bonds. The molecule has 2 aromatic carbocycles. The Balaban J connectivity index is 0.00000225. The van der Waals surface area contributed by atoms with Crippen LogP contribution in [0, 0.1) is 0 Å². The lowest BCUT2D eigenvalue weighted by atomic mass is 9.96. The van der Waals surface area contributed by atoms with Crippen molar-refractivity contribution < 1.29 is 14.3 Å². The van der Waals surface area contributed by atoms with Gasteiger partial charge in [-0.2, -0.15) is 0 Å². The summed E-state index contributed by atoms with van der Waals surface area (Å²) >= 11 is 0. The normalized spacial score (nSPS) is 15.3. The van der Waals surface area contributed by atoms with E-state index < -0.39 is 6.04 Å². The number of esters is 1. The number of para-hydroxylation sites is 1. The smallest absolute Gasteiger partial charge is 0.337 e. The Kier molecular flexibility index (Phi) is 10.7. The Morgan fingerprint density at radius 3 is 2.57 bits per heavy atom. The number of carbonyl (C=O) groups excluding carboxylic acids is 2. The lowest BCUT2D eigenvalue weighted by molar-refractivity contribution is -0.122. The molecular weight excluding hydrogens is 425 g/mol. The molecule has 0 aliphatic carbocycles. The van der Waals surface area contributed by atoms with E-state index in [1.807, 2.05) is 6.07 Å². The fraction of sp³-hybridized carbons (Fsp3) is 0.364. The van der Waals surface area contributed by atoms with Crippen molar-refractivity contribution in [1.82, 2.24) is 5.32 Å². The SMILES string of the molecule is COC(=O)c1ccc(C[C@H](N)C(=O)NCCC2CCc3ccccc3N2)cc1.Cl.Cl. The number of carbonyl (C=O) groups is 2. The topological polar surface area (TPSA) is 93.5 Å². The highest BCUT2D eigenvalue weighted by Crippen LogP contribution is 2.25. The Morgan fingerprint density at radius 1 is 1.17 bits per heavy atom. The molecule has 0 radical (unpaired) electrons. The number of fused-ring (bicyclic) bond motifs is 1. The molecule has 3 rings (SSSR count). The predicted molar refractivity (Wildman–Crippen MR) is 124 cm³/mol. The van der Waals surface area contributed by atoms with E-state index in [0.29, 0.717) is 24.6 Å². The molecular formula is C22H29Cl2N3O3. The summed E-state index contributed by atoms with van der Waals surface area (Å²) in [4.78, 5) is 23.7. The summed E-state index contributed by atoms with van der Waals surface area (Å²) < 4.78 is 4.68. The minimum Gasteiger partial charge on any atom is -0.465 e. The molecule has 0 fully saturated rings. The van der Waals surface area contributed by atoms with E-state index in [-0.39, 0.29) is 36.7 Å². The summed E-state index contributed by atoms with van der Waals surface area (Å²) in [5, 5.41) is 6.47. The molecule has 2 aromatic rings. The van der Waals surface area contributed by atoms with Crippen LogP contribution in [0.2, 0.25) is 0 Å². The predicted octanol–water partition coefficient (Wildman–Crippen LogP) is 3.12. The molecule has 2 atom stereocenters. The van der Waals surface area contributed by atoms with Crippen molar-refractivity contribution in [2.75, 3.05) is 19.0 Å². The minimum atomic E-state index is -0.621. The van der Waals surface area contributed by atoms with E-state index in [1.54, 1.807) is 24.3 Å². The third-order valence-electron chi connectivity index (χ3n) is 5.10. The van der Waals surface area contributed by atoms with Crippen LogP contribution in [0.1, 0.15) is 34.3 Å². The largest absolute Gasteiger partial charge is 0.465 e. The van der Waals surface area contributed by atoms with Gasteiger partial charge in [-0.05, 0) is 55.0 Å². The number of halogens is 2. The van der Waals surface area contributed by atoms with Crippen molar-refractivity contribution in [2.24, 2.45) is 5.73 Å². The zero-order valence-electron chi connectivity index (χ0n) is 16.9. The van der Waals surface area contributed by atoms with Crippen LogP contribution in [0.4, 0.5) is 5.69 Å². The Hall–Kier alpha value is -2.28. The first-order chi connectivity index (χ1) is 13.6. The Bertz CT molecular complexity index is 831. The van der Waals surface area contributed by atoms with Gasteiger partial charge in [0.1, 0.15) is 0 Å². The summed E-state index contributed by atoms with van der Waals surface area (Å²) in [6.07, 6.45) is 3.40. The number of rotatable bonds is 7. The number of nitrogens with two attached hydrogens (primary N) is 1. The van der Waals surface area contributed by atoms with Gasteiger partial charge in [0, 0.05) is 18.3 Å². The highest BCUT2D eigenvalue weighted by atomic mass is 35.5. The molecule has 6 nitrogen and oxygen atoms in total. The van der Waals surface area contributed by atoms with Gasteiger partial charge < -0.3 is 21.1 Å². The number of aryl methyl sites for hydroxylation is 1. The standard InChI is InChI=1S/C22H27N3O3.2ClH/c1-28-22(27)17-8-6-15(7-9-17)14-19(23)21(26)24-13-12-18-11-10-16-4-2-3-5-20(16)25-18;;/h2-9,18-19,25H,10-14,23H2,1H3,(H,24,26);2*1H/t18?,19-;;/m0../s1. The van der Waals surface area contributed by atoms with Crippen LogP contribution in [-0.2, 0) is 22.4 Å². The average molecular weight is 454 g/mol. The Labute approximate surface area is 189 Å². The van der Waals surface area contributed by atoms with Gasteiger partial charge in [0.25, 0.3) is 0 Å². The van der Waals surface area contributed by atoms with Crippen molar-refractivity contribution in [1.29, 1.82) is 0 Å². The summed E-state index contributed by atoms with van der Waals surface area (Å²) in [6.45, 7) is 0.591. The van der Waals surface area contributed by atoms with Crippen LogP contribution in [0.15, 0.2) is 48.5 Å². The van der Waals surface area contributed by atoms with Crippen LogP contribution in [-0.4, -0.2) is 37.6 Å². The van der Waals surface area contributed by atoms with Crippen LogP contribution in [0.25, 0.3) is 0 Å². The van der Waals surface area contributed by atoms with Crippen molar-refractivity contribution in [3.05, 3.63) is 65.2 Å². The molecule has 30 heavy (non-hydrogen) atoms. The van der Waals surface area contributed by atoms with E-state index in [2.05, 4.69) is 33.6 Å². The van der Waals surface area contributed by atoms with Gasteiger partial charge in [-0.3, -0.25) is 4.79 Å². The second kappa shape index (κ2) is 12.4. The quantitative estimate of drug-likeness (QED) is 0.559. The average Bonchev–Trinajstić information content (AvgIpc) is 2.73. The molecule has 164 valence electrons. The van der Waals surface area contributed by atoms with E-state index in [1.165, 1.54) is 18.4 Å². The second-order valence-corrected chi connectivity index (χ2v) is 7.12. The summed E-state index contributed by atoms with van der Waals surface area (Å²) in [7, 11) is 1.35. The van der Waals surface area contributed by atoms with Gasteiger partial charge in [-0.1, -0.05) is 30.3 Å². The monoisotopic (exact) mass is 453 g/mol. The molecule has 1 aliphatic heterocycles. The van der Waals surface area contributed by atoms with Gasteiger partial charge >= 0.3 is 5.97 Å². The van der Waals surface area contributed by atoms with Crippen molar-refractivity contribution in [3.63, 3.8) is 0 Å². The molecule has 1 unspecified atom stereocenters. The maximum atomic E-state index is 12.3. The van der Waals surface area contributed by atoms with Gasteiger partial charge in [0.2, 0.25) is 5.91 Å². The fourth-order valence-electron chi connectivity index (χ4n) is 3.46. The van der Waals surface area contributed by atoms with Crippen LogP contribution in [0.5, 0.6) is 0 Å².